The summed E-state index contributed by atoms with van der Waals surface area (Å²) in [4.78, 5) is 0. The molecule has 6 nitrogen and oxygen atoms in total. The van der Waals surface area contributed by atoms with Crippen LogP contribution in [-0.2, 0) is 10.0 Å². The smallest absolute Gasteiger partial charge is 0.215 e. The van der Waals surface area contributed by atoms with Gasteiger partial charge >= 0.3 is 0 Å². The molecule has 0 heterocycles. The number of sulfonamides is 1. The van der Waals surface area contributed by atoms with Crippen LogP contribution in [0.4, 0.5) is 11.4 Å². The van der Waals surface area contributed by atoms with E-state index in [0.717, 1.165) is 5.69 Å². The Morgan fingerprint density at radius 1 is 1.32 bits per heavy atom. The molecule has 19 heavy (non-hydrogen) atoms. The molecule has 1 aromatic carbocycles. The Morgan fingerprint density at radius 2 is 2.00 bits per heavy atom. The fraction of sp³-hybridized carbons (Fsp3) is 0.500. The molecule has 0 saturated heterocycles. The fourth-order valence-electron chi connectivity index (χ4n) is 1.48. The van der Waals surface area contributed by atoms with E-state index in [4.69, 9.17) is 10.5 Å². The maximum absolute atomic E-state index is 11.6. The van der Waals surface area contributed by atoms with E-state index in [-0.39, 0.29) is 5.75 Å². The molecule has 3 N–H and O–H groups in total. The van der Waals surface area contributed by atoms with Crippen molar-refractivity contribution in [2.24, 2.45) is 0 Å². The van der Waals surface area contributed by atoms with E-state index in [0.29, 0.717) is 24.6 Å². The van der Waals surface area contributed by atoms with Gasteiger partial charge in [-0.25, -0.2) is 12.7 Å². The summed E-state index contributed by atoms with van der Waals surface area (Å²) in [5, 5.41) is 3.03. The minimum Gasteiger partial charge on any atom is -0.494 e. The third kappa shape index (κ3) is 4.96. The van der Waals surface area contributed by atoms with Crippen molar-refractivity contribution in [3.63, 3.8) is 0 Å². The highest BCUT2D eigenvalue weighted by atomic mass is 32.2. The third-order valence-corrected chi connectivity index (χ3v) is 4.32. The average Bonchev–Trinajstić information content (AvgIpc) is 2.28. The maximum Gasteiger partial charge on any atom is 0.215 e. The van der Waals surface area contributed by atoms with Crippen molar-refractivity contribution in [3.8, 4) is 5.75 Å². The average molecular weight is 287 g/mol. The lowest BCUT2D eigenvalue weighted by atomic mass is 10.2. The number of ether oxygens (including phenoxy) is 1. The summed E-state index contributed by atoms with van der Waals surface area (Å²) in [6.45, 7) is 2.76. The van der Waals surface area contributed by atoms with E-state index in [1.807, 2.05) is 6.92 Å². The maximum atomic E-state index is 11.6. The second kappa shape index (κ2) is 6.63. The third-order valence-electron chi connectivity index (χ3n) is 2.49. The fourth-order valence-corrected chi connectivity index (χ4v) is 2.21. The number of anilines is 2. The molecule has 0 fully saturated rings. The minimum atomic E-state index is -3.19. The van der Waals surface area contributed by atoms with Gasteiger partial charge in [0.2, 0.25) is 10.0 Å². The van der Waals surface area contributed by atoms with Crippen LogP contribution < -0.4 is 15.8 Å². The minimum absolute atomic E-state index is 0.0266. The first kappa shape index (κ1) is 15.6. The van der Waals surface area contributed by atoms with Crippen LogP contribution in [0.1, 0.15) is 6.92 Å². The van der Waals surface area contributed by atoms with Crippen molar-refractivity contribution >= 4 is 21.4 Å². The van der Waals surface area contributed by atoms with E-state index in [1.54, 1.807) is 18.2 Å². The highest BCUT2D eigenvalue weighted by molar-refractivity contribution is 7.89. The number of nitrogens with one attached hydrogen (secondary N) is 1. The molecule has 0 aliphatic carbocycles. The molecule has 0 radical (unpaired) electrons. The van der Waals surface area contributed by atoms with E-state index in [2.05, 4.69) is 5.32 Å². The van der Waals surface area contributed by atoms with Gasteiger partial charge in [-0.05, 0) is 13.0 Å². The number of benzene rings is 1. The van der Waals surface area contributed by atoms with Gasteiger partial charge in [-0.1, -0.05) is 0 Å². The van der Waals surface area contributed by atoms with Gasteiger partial charge in [0, 0.05) is 44.1 Å². The molecule has 0 aromatic heterocycles. The summed E-state index contributed by atoms with van der Waals surface area (Å²) in [5.74, 6) is 0.694. The Labute approximate surface area is 114 Å². The quantitative estimate of drug-likeness (QED) is 0.730. The SMILES string of the molecule is CCOc1cc(N)cc(NCCS(=O)(=O)N(C)C)c1. The molecule has 0 spiro atoms. The molecule has 0 aliphatic rings. The summed E-state index contributed by atoms with van der Waals surface area (Å²) in [7, 11) is -0.157. The zero-order valence-electron chi connectivity index (χ0n) is 11.5. The molecule has 0 unspecified atom stereocenters. The molecule has 0 aliphatic heterocycles. The number of hydrogen-bond acceptors (Lipinski definition) is 5. The molecule has 0 amide bonds. The normalized spacial score (nSPS) is 11.6. The summed E-state index contributed by atoms with van der Waals surface area (Å²) >= 11 is 0. The molecule has 0 bridgehead atoms. The second-order valence-electron chi connectivity index (χ2n) is 4.25. The van der Waals surface area contributed by atoms with Gasteiger partial charge in [0.1, 0.15) is 5.75 Å². The molecule has 1 aromatic rings. The van der Waals surface area contributed by atoms with Gasteiger partial charge in [0.15, 0.2) is 0 Å². The van der Waals surface area contributed by atoms with Crippen molar-refractivity contribution in [1.82, 2.24) is 4.31 Å². The number of nitrogen functional groups attached to an aromatic ring is 1. The van der Waals surface area contributed by atoms with E-state index >= 15 is 0 Å². The van der Waals surface area contributed by atoms with Gasteiger partial charge in [0.25, 0.3) is 0 Å². The Balaban J connectivity index is 2.63. The first-order valence-electron chi connectivity index (χ1n) is 6.02. The van der Waals surface area contributed by atoms with Gasteiger partial charge in [-0.2, -0.15) is 0 Å². The van der Waals surface area contributed by atoms with Gasteiger partial charge < -0.3 is 15.8 Å². The van der Waals surface area contributed by atoms with E-state index < -0.39 is 10.0 Å². The number of rotatable bonds is 7. The molecular formula is C12H21N3O3S. The zero-order valence-corrected chi connectivity index (χ0v) is 12.3. The largest absolute Gasteiger partial charge is 0.494 e. The molecule has 0 saturated carbocycles. The van der Waals surface area contributed by atoms with Crippen LogP contribution in [0.3, 0.4) is 0 Å². The van der Waals surface area contributed by atoms with Crippen LogP contribution in [0.5, 0.6) is 5.75 Å². The summed E-state index contributed by atoms with van der Waals surface area (Å²) < 4.78 is 29.8. The number of hydrogen-bond donors (Lipinski definition) is 2. The summed E-state index contributed by atoms with van der Waals surface area (Å²) in [6.07, 6.45) is 0. The number of nitrogens with zero attached hydrogens (tertiary/aromatic N) is 1. The topological polar surface area (TPSA) is 84.7 Å². The monoisotopic (exact) mass is 287 g/mol. The lowest BCUT2D eigenvalue weighted by molar-refractivity contribution is 0.340. The van der Waals surface area contributed by atoms with E-state index in [1.165, 1.54) is 18.4 Å². The second-order valence-corrected chi connectivity index (χ2v) is 6.55. The van der Waals surface area contributed by atoms with Crippen LogP contribution in [0, 0.1) is 0 Å². The van der Waals surface area contributed by atoms with Crippen molar-refractivity contribution < 1.29 is 13.2 Å². The van der Waals surface area contributed by atoms with Crippen LogP contribution in [0.15, 0.2) is 18.2 Å². The lowest BCUT2D eigenvalue weighted by Gasteiger charge is -2.13. The zero-order chi connectivity index (χ0) is 14.5. The van der Waals surface area contributed by atoms with Gasteiger partial charge in [0.05, 0.1) is 12.4 Å². The highest BCUT2D eigenvalue weighted by Gasteiger charge is 2.12. The Morgan fingerprint density at radius 3 is 2.58 bits per heavy atom. The van der Waals surface area contributed by atoms with Crippen molar-refractivity contribution in [2.75, 3.05) is 44.1 Å². The molecule has 108 valence electrons. The van der Waals surface area contributed by atoms with Gasteiger partial charge in [-0.3, -0.25) is 0 Å². The standard InChI is InChI=1S/C12H21N3O3S/c1-4-18-12-8-10(13)7-11(9-12)14-5-6-19(16,17)15(2)3/h7-9,14H,4-6,13H2,1-3H3. The van der Waals surface area contributed by atoms with Crippen molar-refractivity contribution in [2.45, 2.75) is 6.92 Å². The predicted molar refractivity (Wildman–Crippen MR) is 78.0 cm³/mol. The number of nitrogens with two attached hydrogens (primary N) is 1. The molecular weight excluding hydrogens is 266 g/mol. The first-order chi connectivity index (χ1) is 8.85. The van der Waals surface area contributed by atoms with E-state index in [9.17, 15) is 8.42 Å². The Kier molecular flexibility index (Phi) is 5.44. The van der Waals surface area contributed by atoms with Crippen molar-refractivity contribution in [1.29, 1.82) is 0 Å². The molecule has 1 rings (SSSR count). The predicted octanol–water partition coefficient (Wildman–Crippen LogP) is 0.971. The molecule has 0 atom stereocenters. The van der Waals surface area contributed by atoms with Crippen LogP contribution in [-0.4, -0.2) is 45.7 Å². The highest BCUT2D eigenvalue weighted by Crippen LogP contribution is 2.22. The summed E-state index contributed by atoms with van der Waals surface area (Å²) in [6, 6.07) is 5.26. The first-order valence-corrected chi connectivity index (χ1v) is 7.63. The lowest BCUT2D eigenvalue weighted by Crippen LogP contribution is -2.28. The van der Waals surface area contributed by atoms with Crippen LogP contribution in [0.25, 0.3) is 0 Å². The Bertz CT molecular complexity index is 515. The van der Waals surface area contributed by atoms with Crippen LogP contribution >= 0.6 is 0 Å². The van der Waals surface area contributed by atoms with Gasteiger partial charge in [-0.15, -0.1) is 0 Å². The summed E-state index contributed by atoms with van der Waals surface area (Å²) in [5.41, 5.74) is 7.07. The Hall–Kier alpha value is -1.47. The molecule has 7 heteroatoms. The van der Waals surface area contributed by atoms with Crippen LogP contribution in [0.2, 0.25) is 0 Å². The van der Waals surface area contributed by atoms with Crippen molar-refractivity contribution in [3.05, 3.63) is 18.2 Å².